The Morgan fingerprint density at radius 3 is 2.35 bits per heavy atom. The van der Waals surface area contributed by atoms with Gasteiger partial charge in [0.05, 0.1) is 0 Å². The predicted molar refractivity (Wildman–Crippen MR) is 82.7 cm³/mol. The molecule has 2 aromatic carbocycles. The van der Waals surface area contributed by atoms with Crippen LogP contribution < -0.4 is 0 Å². The zero-order valence-corrected chi connectivity index (χ0v) is 12.3. The van der Waals surface area contributed by atoms with Crippen molar-refractivity contribution in [2.45, 2.75) is 32.1 Å². The minimum absolute atomic E-state index is 0.0688. The summed E-state index contributed by atoms with van der Waals surface area (Å²) in [4.78, 5) is 12.5. The lowest BCUT2D eigenvalue weighted by Crippen LogP contribution is -2.09. The second-order valence-electron chi connectivity index (χ2n) is 5.54. The highest BCUT2D eigenvalue weighted by Gasteiger charge is 2.19. The Bertz CT molecular complexity index is 639. The standard InChI is InChI=1S/C18H17ClO/c1-12-11-16(19)9-10-17(12)18(20)15-7-5-14(6-8-15)13-3-2-4-13/h5-11,13H,2-4H2,1H3. The Hall–Kier alpha value is -1.60. The van der Waals surface area contributed by atoms with Crippen LogP contribution in [0.3, 0.4) is 0 Å². The summed E-state index contributed by atoms with van der Waals surface area (Å²) >= 11 is 5.93. The number of rotatable bonds is 3. The molecule has 1 saturated carbocycles. The van der Waals surface area contributed by atoms with E-state index < -0.39 is 0 Å². The highest BCUT2D eigenvalue weighted by Crippen LogP contribution is 2.36. The Morgan fingerprint density at radius 2 is 1.80 bits per heavy atom. The van der Waals surface area contributed by atoms with Gasteiger partial charge in [0.15, 0.2) is 5.78 Å². The van der Waals surface area contributed by atoms with Crippen LogP contribution in [0.25, 0.3) is 0 Å². The van der Waals surface area contributed by atoms with Crippen molar-refractivity contribution in [3.05, 3.63) is 69.7 Å². The molecule has 0 radical (unpaired) electrons. The summed E-state index contributed by atoms with van der Waals surface area (Å²) < 4.78 is 0. The van der Waals surface area contributed by atoms with Gasteiger partial charge < -0.3 is 0 Å². The number of carbonyl (C=O) groups is 1. The predicted octanol–water partition coefficient (Wildman–Crippen LogP) is 5.15. The van der Waals surface area contributed by atoms with Gasteiger partial charge in [0.1, 0.15) is 0 Å². The molecule has 20 heavy (non-hydrogen) atoms. The van der Waals surface area contributed by atoms with Crippen molar-refractivity contribution in [3.8, 4) is 0 Å². The molecule has 3 rings (SSSR count). The summed E-state index contributed by atoms with van der Waals surface area (Å²) in [6, 6.07) is 13.5. The van der Waals surface area contributed by atoms with Crippen LogP contribution in [-0.2, 0) is 0 Å². The number of benzene rings is 2. The lowest BCUT2D eigenvalue weighted by Gasteiger charge is -2.25. The van der Waals surface area contributed by atoms with E-state index in [1.807, 2.05) is 25.1 Å². The van der Waals surface area contributed by atoms with Gasteiger partial charge in [-0.05, 0) is 55.0 Å². The first-order valence-corrected chi connectivity index (χ1v) is 7.44. The molecule has 0 bridgehead atoms. The molecule has 0 N–H and O–H groups in total. The van der Waals surface area contributed by atoms with Crippen molar-refractivity contribution in [2.75, 3.05) is 0 Å². The minimum Gasteiger partial charge on any atom is -0.289 e. The maximum Gasteiger partial charge on any atom is 0.193 e. The van der Waals surface area contributed by atoms with Crippen molar-refractivity contribution < 1.29 is 4.79 Å². The first-order chi connectivity index (χ1) is 9.65. The molecule has 1 nitrogen and oxygen atoms in total. The van der Waals surface area contributed by atoms with Crippen molar-refractivity contribution in [2.24, 2.45) is 0 Å². The summed E-state index contributed by atoms with van der Waals surface area (Å²) in [6.45, 7) is 1.92. The Kier molecular flexibility index (Phi) is 3.62. The van der Waals surface area contributed by atoms with E-state index >= 15 is 0 Å². The third-order valence-electron chi connectivity index (χ3n) is 4.18. The fourth-order valence-corrected chi connectivity index (χ4v) is 2.91. The van der Waals surface area contributed by atoms with E-state index in [2.05, 4.69) is 12.1 Å². The molecule has 0 spiro atoms. The van der Waals surface area contributed by atoms with Gasteiger partial charge in [-0.2, -0.15) is 0 Å². The Balaban J connectivity index is 1.86. The molecule has 0 aliphatic heterocycles. The van der Waals surface area contributed by atoms with E-state index in [-0.39, 0.29) is 5.78 Å². The number of halogens is 1. The average molecular weight is 285 g/mol. The zero-order chi connectivity index (χ0) is 14.1. The Morgan fingerprint density at radius 1 is 1.10 bits per heavy atom. The molecule has 0 unspecified atom stereocenters. The van der Waals surface area contributed by atoms with E-state index in [9.17, 15) is 4.79 Å². The fourth-order valence-electron chi connectivity index (χ4n) is 2.69. The lowest BCUT2D eigenvalue weighted by molar-refractivity contribution is 0.103. The maximum atomic E-state index is 12.5. The largest absolute Gasteiger partial charge is 0.289 e. The highest BCUT2D eigenvalue weighted by molar-refractivity contribution is 6.30. The van der Waals surface area contributed by atoms with Crippen LogP contribution in [0.15, 0.2) is 42.5 Å². The van der Waals surface area contributed by atoms with E-state index in [0.717, 1.165) is 16.7 Å². The second-order valence-corrected chi connectivity index (χ2v) is 5.97. The third-order valence-corrected chi connectivity index (χ3v) is 4.42. The number of hydrogen-bond donors (Lipinski definition) is 0. The van der Waals surface area contributed by atoms with Gasteiger partial charge in [0.25, 0.3) is 0 Å². The molecule has 1 aliphatic rings. The summed E-state index contributed by atoms with van der Waals surface area (Å²) in [6.07, 6.45) is 3.89. The summed E-state index contributed by atoms with van der Waals surface area (Å²) in [5.74, 6) is 0.774. The minimum atomic E-state index is 0.0688. The van der Waals surface area contributed by atoms with E-state index in [0.29, 0.717) is 10.9 Å². The van der Waals surface area contributed by atoms with Gasteiger partial charge in [-0.15, -0.1) is 0 Å². The smallest absolute Gasteiger partial charge is 0.193 e. The summed E-state index contributed by atoms with van der Waals surface area (Å²) in [5.41, 5.74) is 3.76. The number of carbonyl (C=O) groups excluding carboxylic acids is 1. The average Bonchev–Trinajstić information content (AvgIpc) is 2.37. The summed E-state index contributed by atoms with van der Waals surface area (Å²) in [5, 5.41) is 0.666. The van der Waals surface area contributed by atoms with Crippen LogP contribution in [0.2, 0.25) is 5.02 Å². The molecule has 0 aromatic heterocycles. The van der Waals surface area contributed by atoms with Gasteiger partial charge >= 0.3 is 0 Å². The molecule has 0 atom stereocenters. The molecule has 2 aromatic rings. The Labute approximate surface area is 124 Å². The second kappa shape index (κ2) is 5.41. The topological polar surface area (TPSA) is 17.1 Å². The van der Waals surface area contributed by atoms with Crippen molar-refractivity contribution in [3.63, 3.8) is 0 Å². The third kappa shape index (κ3) is 2.51. The van der Waals surface area contributed by atoms with Crippen molar-refractivity contribution in [1.82, 2.24) is 0 Å². The molecule has 2 heteroatoms. The lowest BCUT2D eigenvalue weighted by atomic mass is 9.80. The van der Waals surface area contributed by atoms with Crippen LogP contribution in [0.5, 0.6) is 0 Å². The van der Waals surface area contributed by atoms with Crippen LogP contribution in [0, 0.1) is 6.92 Å². The van der Waals surface area contributed by atoms with Gasteiger partial charge in [0, 0.05) is 16.1 Å². The highest BCUT2D eigenvalue weighted by atomic mass is 35.5. The molecule has 1 aliphatic carbocycles. The molecule has 102 valence electrons. The van der Waals surface area contributed by atoms with E-state index in [1.165, 1.54) is 24.8 Å². The molecule has 0 saturated heterocycles. The summed E-state index contributed by atoms with van der Waals surface area (Å²) in [7, 11) is 0. The van der Waals surface area contributed by atoms with Crippen molar-refractivity contribution >= 4 is 17.4 Å². The molecule has 1 fully saturated rings. The zero-order valence-electron chi connectivity index (χ0n) is 11.5. The van der Waals surface area contributed by atoms with Crippen LogP contribution >= 0.6 is 11.6 Å². The number of aryl methyl sites for hydroxylation is 1. The van der Waals surface area contributed by atoms with Crippen LogP contribution in [0.4, 0.5) is 0 Å². The normalized spacial score (nSPS) is 14.9. The first kappa shape index (κ1) is 13.4. The first-order valence-electron chi connectivity index (χ1n) is 7.06. The number of hydrogen-bond acceptors (Lipinski definition) is 1. The molecular weight excluding hydrogens is 268 g/mol. The van der Waals surface area contributed by atoms with Crippen molar-refractivity contribution in [1.29, 1.82) is 0 Å². The van der Waals surface area contributed by atoms with E-state index in [1.54, 1.807) is 12.1 Å². The van der Waals surface area contributed by atoms with Gasteiger partial charge in [-0.3, -0.25) is 4.79 Å². The van der Waals surface area contributed by atoms with Crippen LogP contribution in [0.1, 0.15) is 52.2 Å². The molecule has 0 amide bonds. The van der Waals surface area contributed by atoms with Crippen LogP contribution in [-0.4, -0.2) is 5.78 Å². The quantitative estimate of drug-likeness (QED) is 0.713. The van der Waals surface area contributed by atoms with Gasteiger partial charge in [-0.25, -0.2) is 0 Å². The van der Waals surface area contributed by atoms with Gasteiger partial charge in [0.2, 0.25) is 0 Å². The monoisotopic (exact) mass is 284 g/mol. The van der Waals surface area contributed by atoms with E-state index in [4.69, 9.17) is 11.6 Å². The molecular formula is C18H17ClO. The SMILES string of the molecule is Cc1cc(Cl)ccc1C(=O)c1ccc(C2CCC2)cc1. The fraction of sp³-hybridized carbons (Fsp3) is 0.278. The maximum absolute atomic E-state index is 12.5. The molecule has 0 heterocycles. The van der Waals surface area contributed by atoms with Gasteiger partial charge in [-0.1, -0.05) is 42.3 Å². The number of ketones is 1.